The molecule has 110 valence electrons. The molecule has 0 aliphatic heterocycles. The smallest absolute Gasteiger partial charge is 0.254 e. The van der Waals surface area contributed by atoms with Crippen LogP contribution >= 0.6 is 11.6 Å². The van der Waals surface area contributed by atoms with Crippen molar-refractivity contribution in [2.75, 3.05) is 13.1 Å². The van der Waals surface area contributed by atoms with E-state index in [-0.39, 0.29) is 35.2 Å². The van der Waals surface area contributed by atoms with Gasteiger partial charge in [-0.3, -0.25) is 9.59 Å². The Balaban J connectivity index is 2.81. The van der Waals surface area contributed by atoms with E-state index in [1.165, 1.54) is 23.1 Å². The SMILES string of the molecule is CCN(CC(=O)NC(C)C)C(=O)c1ccc(O)c(Cl)c1. The van der Waals surface area contributed by atoms with Crippen molar-refractivity contribution in [1.82, 2.24) is 10.2 Å². The number of halogens is 1. The van der Waals surface area contributed by atoms with Gasteiger partial charge >= 0.3 is 0 Å². The second-order valence-electron chi connectivity index (χ2n) is 4.71. The molecule has 0 radical (unpaired) electrons. The second-order valence-corrected chi connectivity index (χ2v) is 5.11. The molecule has 0 heterocycles. The molecule has 20 heavy (non-hydrogen) atoms. The van der Waals surface area contributed by atoms with Gasteiger partial charge in [0.25, 0.3) is 5.91 Å². The third-order valence-electron chi connectivity index (χ3n) is 2.65. The Labute approximate surface area is 123 Å². The monoisotopic (exact) mass is 298 g/mol. The van der Waals surface area contributed by atoms with Gasteiger partial charge in [0.15, 0.2) is 0 Å². The molecule has 5 nitrogen and oxygen atoms in total. The molecule has 0 atom stereocenters. The van der Waals surface area contributed by atoms with Crippen LogP contribution in [0.25, 0.3) is 0 Å². The number of phenolic OH excluding ortho intramolecular Hbond substituents is 1. The highest BCUT2D eigenvalue weighted by Crippen LogP contribution is 2.24. The third-order valence-corrected chi connectivity index (χ3v) is 2.95. The quantitative estimate of drug-likeness (QED) is 0.874. The summed E-state index contributed by atoms with van der Waals surface area (Å²) in [5.74, 6) is -0.586. The molecule has 1 rings (SSSR count). The van der Waals surface area contributed by atoms with Crippen molar-refractivity contribution in [3.63, 3.8) is 0 Å². The lowest BCUT2D eigenvalue weighted by Gasteiger charge is -2.21. The van der Waals surface area contributed by atoms with Crippen LogP contribution in [0.1, 0.15) is 31.1 Å². The lowest BCUT2D eigenvalue weighted by molar-refractivity contribution is -0.122. The largest absolute Gasteiger partial charge is 0.506 e. The number of amides is 2. The number of nitrogens with one attached hydrogen (secondary N) is 1. The molecule has 0 aromatic heterocycles. The topological polar surface area (TPSA) is 69.6 Å². The molecule has 0 saturated heterocycles. The minimum absolute atomic E-state index is 0.00793. The van der Waals surface area contributed by atoms with Crippen molar-refractivity contribution in [2.45, 2.75) is 26.8 Å². The number of hydrogen-bond acceptors (Lipinski definition) is 3. The lowest BCUT2D eigenvalue weighted by atomic mass is 10.2. The van der Waals surface area contributed by atoms with Crippen LogP contribution in [0.3, 0.4) is 0 Å². The van der Waals surface area contributed by atoms with E-state index >= 15 is 0 Å². The summed E-state index contributed by atoms with van der Waals surface area (Å²) in [7, 11) is 0. The van der Waals surface area contributed by atoms with Crippen LogP contribution < -0.4 is 5.32 Å². The number of rotatable bonds is 5. The summed E-state index contributed by atoms with van der Waals surface area (Å²) in [6, 6.07) is 4.26. The van der Waals surface area contributed by atoms with Gasteiger partial charge in [-0.15, -0.1) is 0 Å². The Kier molecular flexibility index (Phi) is 5.82. The first-order valence-corrected chi connectivity index (χ1v) is 6.80. The minimum atomic E-state index is -0.298. The highest BCUT2D eigenvalue weighted by Gasteiger charge is 2.18. The summed E-state index contributed by atoms with van der Waals surface area (Å²) < 4.78 is 0. The first kappa shape index (κ1) is 16.3. The Hall–Kier alpha value is -1.75. The number of aromatic hydroxyl groups is 1. The van der Waals surface area contributed by atoms with Gasteiger partial charge in [0.05, 0.1) is 11.6 Å². The third kappa shape index (κ3) is 4.42. The predicted octanol–water partition coefficient (Wildman–Crippen LogP) is 2.03. The maximum absolute atomic E-state index is 12.3. The molecule has 1 aromatic rings. The van der Waals surface area contributed by atoms with Crippen LogP contribution in [0.15, 0.2) is 18.2 Å². The maximum Gasteiger partial charge on any atom is 0.254 e. The zero-order valence-corrected chi connectivity index (χ0v) is 12.6. The molecule has 2 amide bonds. The number of hydrogen-bond donors (Lipinski definition) is 2. The summed E-state index contributed by atoms with van der Waals surface area (Å²) in [5, 5.41) is 12.2. The van der Waals surface area contributed by atoms with Gasteiger partial charge in [-0.1, -0.05) is 11.6 Å². The van der Waals surface area contributed by atoms with Crippen molar-refractivity contribution in [1.29, 1.82) is 0 Å². The fourth-order valence-electron chi connectivity index (χ4n) is 1.69. The van der Waals surface area contributed by atoms with Gasteiger partial charge in [-0.05, 0) is 39.0 Å². The highest BCUT2D eigenvalue weighted by atomic mass is 35.5. The molecule has 0 saturated carbocycles. The standard InChI is InChI=1S/C14H19ClN2O3/c1-4-17(8-13(19)16-9(2)3)14(20)10-5-6-12(18)11(15)7-10/h5-7,9,18H,4,8H2,1-3H3,(H,16,19). The average Bonchev–Trinajstić information content (AvgIpc) is 2.37. The van der Waals surface area contributed by atoms with E-state index in [9.17, 15) is 14.7 Å². The summed E-state index contributed by atoms with van der Waals surface area (Å²) in [6.07, 6.45) is 0. The molecular weight excluding hydrogens is 280 g/mol. The fourth-order valence-corrected chi connectivity index (χ4v) is 1.87. The van der Waals surface area contributed by atoms with Crippen LogP contribution in [-0.4, -0.2) is 41.0 Å². The Bertz CT molecular complexity index is 503. The Morgan fingerprint density at radius 3 is 2.55 bits per heavy atom. The molecule has 0 aliphatic carbocycles. The molecule has 1 aromatic carbocycles. The number of benzene rings is 1. The fraction of sp³-hybridized carbons (Fsp3) is 0.429. The zero-order valence-electron chi connectivity index (χ0n) is 11.8. The molecule has 0 aliphatic rings. The molecule has 0 spiro atoms. The normalized spacial score (nSPS) is 10.4. The average molecular weight is 299 g/mol. The van der Waals surface area contributed by atoms with Crippen LogP contribution in [0.2, 0.25) is 5.02 Å². The zero-order chi connectivity index (χ0) is 15.3. The molecule has 0 fully saturated rings. The van der Waals surface area contributed by atoms with Crippen molar-refractivity contribution in [3.05, 3.63) is 28.8 Å². The van der Waals surface area contributed by atoms with Gasteiger partial charge in [0, 0.05) is 18.2 Å². The van der Waals surface area contributed by atoms with Crippen LogP contribution in [-0.2, 0) is 4.79 Å². The summed E-state index contributed by atoms with van der Waals surface area (Å²) in [6.45, 7) is 5.91. The molecule has 0 unspecified atom stereocenters. The van der Waals surface area contributed by atoms with E-state index in [2.05, 4.69) is 5.32 Å². The van der Waals surface area contributed by atoms with Gasteiger partial charge in [0.1, 0.15) is 5.75 Å². The number of carbonyl (C=O) groups excluding carboxylic acids is 2. The summed E-state index contributed by atoms with van der Waals surface area (Å²) in [4.78, 5) is 25.4. The van der Waals surface area contributed by atoms with Gasteiger partial charge < -0.3 is 15.3 Å². The van der Waals surface area contributed by atoms with E-state index in [0.717, 1.165) is 0 Å². The van der Waals surface area contributed by atoms with Crippen LogP contribution in [0, 0.1) is 0 Å². The number of nitrogens with zero attached hydrogens (tertiary/aromatic N) is 1. The van der Waals surface area contributed by atoms with Gasteiger partial charge in [-0.2, -0.15) is 0 Å². The molecule has 6 heteroatoms. The Morgan fingerprint density at radius 2 is 2.05 bits per heavy atom. The molecule has 0 bridgehead atoms. The predicted molar refractivity (Wildman–Crippen MR) is 78.0 cm³/mol. The highest BCUT2D eigenvalue weighted by molar-refractivity contribution is 6.32. The summed E-state index contributed by atoms with van der Waals surface area (Å²) in [5.41, 5.74) is 0.340. The Morgan fingerprint density at radius 1 is 1.40 bits per heavy atom. The number of carbonyl (C=O) groups is 2. The number of phenols is 1. The van der Waals surface area contributed by atoms with Gasteiger partial charge in [0.2, 0.25) is 5.91 Å². The van der Waals surface area contributed by atoms with E-state index in [1.54, 1.807) is 6.92 Å². The van der Waals surface area contributed by atoms with Crippen molar-refractivity contribution in [2.24, 2.45) is 0 Å². The van der Waals surface area contributed by atoms with Crippen molar-refractivity contribution >= 4 is 23.4 Å². The number of likely N-dealkylation sites (N-methyl/N-ethyl adjacent to an activating group) is 1. The first-order valence-electron chi connectivity index (χ1n) is 6.42. The van der Waals surface area contributed by atoms with Crippen LogP contribution in [0.4, 0.5) is 0 Å². The minimum Gasteiger partial charge on any atom is -0.506 e. The van der Waals surface area contributed by atoms with E-state index in [4.69, 9.17) is 11.6 Å². The maximum atomic E-state index is 12.3. The second kappa shape index (κ2) is 7.14. The summed E-state index contributed by atoms with van der Waals surface area (Å²) >= 11 is 5.78. The van der Waals surface area contributed by atoms with Crippen molar-refractivity contribution < 1.29 is 14.7 Å². The molecular formula is C14H19ClN2O3. The van der Waals surface area contributed by atoms with Crippen LogP contribution in [0.5, 0.6) is 5.75 Å². The van der Waals surface area contributed by atoms with Crippen molar-refractivity contribution in [3.8, 4) is 5.75 Å². The van der Waals surface area contributed by atoms with E-state index in [0.29, 0.717) is 12.1 Å². The van der Waals surface area contributed by atoms with Gasteiger partial charge in [-0.25, -0.2) is 0 Å². The van der Waals surface area contributed by atoms with E-state index in [1.807, 2.05) is 13.8 Å². The lowest BCUT2D eigenvalue weighted by Crippen LogP contribution is -2.42. The molecule has 2 N–H and O–H groups in total. The van der Waals surface area contributed by atoms with E-state index < -0.39 is 0 Å². The first-order chi connectivity index (χ1) is 9.35.